The molecule has 0 aromatic heterocycles. The molecule has 32 heavy (non-hydrogen) atoms. The topological polar surface area (TPSA) is 150 Å². The number of rotatable bonds is 9. The number of amides is 1. The number of anilines is 1. The fourth-order valence-corrected chi connectivity index (χ4v) is 4.96. The first-order valence-electron chi connectivity index (χ1n) is 10.4. The predicted molar refractivity (Wildman–Crippen MR) is 118 cm³/mol. The summed E-state index contributed by atoms with van der Waals surface area (Å²) in [4.78, 5) is 44.1. The molecule has 1 fully saturated rings. The van der Waals surface area contributed by atoms with Gasteiger partial charge in [0.05, 0.1) is 11.5 Å². The number of benzene rings is 1. The second-order valence-electron chi connectivity index (χ2n) is 8.50. The highest BCUT2D eigenvalue weighted by Gasteiger charge is 2.29. The van der Waals surface area contributed by atoms with E-state index in [0.29, 0.717) is 31.6 Å². The number of Topliss-reactive ketones (excluding diaryl/α,β-unsaturated/α-hetero) is 1. The molecule has 0 unspecified atom stereocenters. The van der Waals surface area contributed by atoms with Crippen LogP contribution in [0.1, 0.15) is 46.1 Å². The molecule has 0 spiro atoms. The number of sulfonamides is 1. The average Bonchev–Trinajstić information content (AvgIpc) is 2.70. The molecule has 1 aliphatic heterocycles. The van der Waals surface area contributed by atoms with Gasteiger partial charge in [0.1, 0.15) is 5.78 Å². The summed E-state index contributed by atoms with van der Waals surface area (Å²) in [5.74, 6) is -1.11. The van der Waals surface area contributed by atoms with E-state index in [0.717, 1.165) is 0 Å². The molecule has 180 valence electrons. The summed E-state index contributed by atoms with van der Waals surface area (Å²) < 4.78 is 43.0. The number of ketones is 1. The summed E-state index contributed by atoms with van der Waals surface area (Å²) in [5, 5.41) is 0. The summed E-state index contributed by atoms with van der Waals surface area (Å²) in [6.45, 7) is 7.38. The Labute approximate surface area is 188 Å². The molecule has 0 saturated carbocycles. The third kappa shape index (κ3) is 7.11. The Bertz CT molecular complexity index is 995. The summed E-state index contributed by atoms with van der Waals surface area (Å²) in [6.07, 6.45) is 1.25. The molecule has 0 aliphatic carbocycles. The highest BCUT2D eigenvalue weighted by Crippen LogP contribution is 2.39. The molecule has 1 heterocycles. The van der Waals surface area contributed by atoms with Crippen LogP contribution in [-0.2, 0) is 35.3 Å². The standard InChI is InChI=1S/C20H31N2O8PS/c1-13(2)19(23)15-7-9-22(10-8-15)18-6-5-17(11-16(18)12-30-31(25,26)27)32(28,29)21-20(24)14(3)4/h5-6,11,13-15H,7-10,12H2,1-4H3,(H,21,24)(H2,25,26,27). The van der Waals surface area contributed by atoms with Gasteiger partial charge in [-0.05, 0) is 31.0 Å². The van der Waals surface area contributed by atoms with E-state index in [9.17, 15) is 22.6 Å². The van der Waals surface area contributed by atoms with Crippen LogP contribution in [0.3, 0.4) is 0 Å². The SMILES string of the molecule is CC(C)C(=O)NS(=O)(=O)c1ccc(N2CCC(C(=O)C(C)C)CC2)c(COP(=O)(O)O)c1. The highest BCUT2D eigenvalue weighted by molar-refractivity contribution is 7.90. The number of carbonyl (C=O) groups is 2. The van der Waals surface area contributed by atoms with Crippen molar-refractivity contribution in [1.82, 2.24) is 4.72 Å². The van der Waals surface area contributed by atoms with E-state index in [-0.39, 0.29) is 28.1 Å². The second kappa shape index (κ2) is 10.4. The molecule has 0 bridgehead atoms. The maximum Gasteiger partial charge on any atom is 0.469 e. The lowest BCUT2D eigenvalue weighted by Gasteiger charge is -2.35. The van der Waals surface area contributed by atoms with Crippen molar-refractivity contribution < 1.29 is 36.9 Å². The van der Waals surface area contributed by atoms with Crippen molar-refractivity contribution in [3.63, 3.8) is 0 Å². The van der Waals surface area contributed by atoms with Crippen molar-refractivity contribution in [2.75, 3.05) is 18.0 Å². The summed E-state index contributed by atoms with van der Waals surface area (Å²) >= 11 is 0. The normalized spacial score (nSPS) is 15.9. The maximum atomic E-state index is 12.6. The minimum Gasteiger partial charge on any atom is -0.371 e. The Hall–Kier alpha value is -1.78. The summed E-state index contributed by atoms with van der Waals surface area (Å²) in [7, 11) is -8.97. The summed E-state index contributed by atoms with van der Waals surface area (Å²) in [5.41, 5.74) is 0.810. The van der Waals surface area contributed by atoms with Crippen molar-refractivity contribution in [3.05, 3.63) is 23.8 Å². The van der Waals surface area contributed by atoms with Crippen LogP contribution < -0.4 is 9.62 Å². The third-order valence-electron chi connectivity index (χ3n) is 5.32. The predicted octanol–water partition coefficient (Wildman–Crippen LogP) is 2.20. The first kappa shape index (κ1) is 26.5. The molecule has 1 aromatic rings. The Kier molecular flexibility index (Phi) is 8.63. The van der Waals surface area contributed by atoms with Gasteiger partial charge in [-0.3, -0.25) is 14.1 Å². The maximum absolute atomic E-state index is 12.6. The van der Waals surface area contributed by atoms with Gasteiger partial charge in [0.15, 0.2) is 0 Å². The van der Waals surface area contributed by atoms with Crippen LogP contribution in [0.4, 0.5) is 5.69 Å². The molecular formula is C20H31N2O8PS. The molecule has 1 aromatic carbocycles. The monoisotopic (exact) mass is 490 g/mol. The van der Waals surface area contributed by atoms with E-state index >= 15 is 0 Å². The van der Waals surface area contributed by atoms with Gasteiger partial charge in [-0.15, -0.1) is 0 Å². The molecule has 1 amide bonds. The van der Waals surface area contributed by atoms with Gasteiger partial charge in [-0.1, -0.05) is 27.7 Å². The Morgan fingerprint density at radius 1 is 1.16 bits per heavy atom. The number of hydrogen-bond acceptors (Lipinski definition) is 7. The lowest BCUT2D eigenvalue weighted by atomic mass is 9.87. The number of phosphoric acid groups is 1. The van der Waals surface area contributed by atoms with Crippen LogP contribution in [0, 0.1) is 17.8 Å². The Morgan fingerprint density at radius 2 is 1.75 bits per heavy atom. The number of carbonyl (C=O) groups excluding carboxylic acids is 2. The number of piperidine rings is 1. The largest absolute Gasteiger partial charge is 0.469 e. The molecule has 0 atom stereocenters. The van der Waals surface area contributed by atoms with Gasteiger partial charge in [0.2, 0.25) is 5.91 Å². The minimum absolute atomic E-state index is 0.0491. The van der Waals surface area contributed by atoms with Crippen LogP contribution in [0.5, 0.6) is 0 Å². The molecule has 0 radical (unpaired) electrons. The van der Waals surface area contributed by atoms with Crippen molar-refractivity contribution in [1.29, 1.82) is 0 Å². The third-order valence-corrected chi connectivity index (χ3v) is 7.13. The Morgan fingerprint density at radius 3 is 2.25 bits per heavy atom. The van der Waals surface area contributed by atoms with Crippen LogP contribution in [-0.4, -0.2) is 43.0 Å². The number of hydrogen-bond donors (Lipinski definition) is 3. The van der Waals surface area contributed by atoms with E-state index < -0.39 is 36.3 Å². The van der Waals surface area contributed by atoms with Crippen molar-refractivity contribution in [2.45, 2.75) is 52.0 Å². The van der Waals surface area contributed by atoms with Crippen molar-refractivity contribution >= 4 is 35.2 Å². The molecule has 10 nitrogen and oxygen atoms in total. The van der Waals surface area contributed by atoms with Crippen molar-refractivity contribution in [2.24, 2.45) is 17.8 Å². The van der Waals surface area contributed by atoms with Gasteiger partial charge in [-0.25, -0.2) is 17.7 Å². The lowest BCUT2D eigenvalue weighted by molar-refractivity contribution is -0.126. The van der Waals surface area contributed by atoms with Crippen LogP contribution in [0.2, 0.25) is 0 Å². The molecule has 2 rings (SSSR count). The van der Waals surface area contributed by atoms with Gasteiger partial charge in [0, 0.05) is 42.1 Å². The fraction of sp³-hybridized carbons (Fsp3) is 0.600. The van der Waals surface area contributed by atoms with E-state index in [1.165, 1.54) is 18.2 Å². The zero-order valence-electron chi connectivity index (χ0n) is 18.6. The van der Waals surface area contributed by atoms with Crippen molar-refractivity contribution in [3.8, 4) is 0 Å². The zero-order valence-corrected chi connectivity index (χ0v) is 20.4. The first-order chi connectivity index (χ1) is 14.7. The van der Waals surface area contributed by atoms with E-state index in [1.54, 1.807) is 13.8 Å². The average molecular weight is 491 g/mol. The fourth-order valence-electron chi connectivity index (χ4n) is 3.49. The highest BCUT2D eigenvalue weighted by atomic mass is 32.2. The number of nitrogens with one attached hydrogen (secondary N) is 1. The lowest BCUT2D eigenvalue weighted by Crippen LogP contribution is -2.38. The quantitative estimate of drug-likeness (QED) is 0.443. The smallest absolute Gasteiger partial charge is 0.371 e. The number of nitrogens with zero attached hydrogens (tertiary/aromatic N) is 1. The van der Waals surface area contributed by atoms with Gasteiger partial charge in [-0.2, -0.15) is 0 Å². The Balaban J connectivity index is 2.32. The second-order valence-corrected chi connectivity index (χ2v) is 11.4. The minimum atomic E-state index is -4.80. The zero-order chi connectivity index (χ0) is 24.3. The van der Waals surface area contributed by atoms with Crippen LogP contribution in [0.25, 0.3) is 0 Å². The molecule has 1 aliphatic rings. The molecular weight excluding hydrogens is 459 g/mol. The van der Waals surface area contributed by atoms with Gasteiger partial charge >= 0.3 is 7.82 Å². The molecule has 1 saturated heterocycles. The van der Waals surface area contributed by atoms with Gasteiger partial charge < -0.3 is 14.7 Å². The van der Waals surface area contributed by atoms with Crippen LogP contribution >= 0.6 is 7.82 Å². The summed E-state index contributed by atoms with van der Waals surface area (Å²) in [6, 6.07) is 4.10. The van der Waals surface area contributed by atoms with E-state index in [1.807, 2.05) is 23.5 Å². The molecule has 3 N–H and O–H groups in total. The number of phosphoric ester groups is 1. The van der Waals surface area contributed by atoms with E-state index in [2.05, 4.69) is 4.52 Å². The first-order valence-corrected chi connectivity index (χ1v) is 13.4. The van der Waals surface area contributed by atoms with Gasteiger partial charge in [0.25, 0.3) is 10.0 Å². The molecule has 12 heteroatoms. The van der Waals surface area contributed by atoms with Crippen LogP contribution in [0.15, 0.2) is 23.1 Å². The van der Waals surface area contributed by atoms with E-state index in [4.69, 9.17) is 9.79 Å².